The molecular formula is C17H19BrN2O3. The normalized spacial score (nSPS) is 10.3. The second kappa shape index (κ2) is 7.97. The van der Waals surface area contributed by atoms with Gasteiger partial charge in [0.25, 0.3) is 5.91 Å². The lowest BCUT2D eigenvalue weighted by Gasteiger charge is -2.12. The predicted molar refractivity (Wildman–Crippen MR) is 92.3 cm³/mol. The van der Waals surface area contributed by atoms with E-state index < -0.39 is 0 Å². The Morgan fingerprint density at radius 1 is 1.26 bits per heavy atom. The van der Waals surface area contributed by atoms with Crippen LogP contribution in [0.15, 0.2) is 30.5 Å². The number of carbonyl (C=O) groups is 1. The van der Waals surface area contributed by atoms with Gasteiger partial charge in [0, 0.05) is 28.7 Å². The molecule has 1 aromatic carbocycles. The molecule has 0 aliphatic rings. The summed E-state index contributed by atoms with van der Waals surface area (Å²) >= 11 is 3.42. The van der Waals surface area contributed by atoms with Crippen molar-refractivity contribution in [3.05, 3.63) is 52.8 Å². The number of methoxy groups -OCH3 is 2. The first-order chi connectivity index (χ1) is 11.1. The predicted octanol–water partition coefficient (Wildman–Crippen LogP) is 3.23. The molecular weight excluding hydrogens is 360 g/mol. The maximum atomic E-state index is 12.4. The Labute approximate surface area is 144 Å². The molecule has 2 rings (SSSR count). The lowest BCUT2D eigenvalue weighted by atomic mass is 10.1. The molecule has 6 heteroatoms. The van der Waals surface area contributed by atoms with E-state index in [0.29, 0.717) is 23.2 Å². The number of hydrogen-bond acceptors (Lipinski definition) is 4. The molecule has 0 radical (unpaired) electrons. The zero-order chi connectivity index (χ0) is 16.8. The van der Waals surface area contributed by atoms with Gasteiger partial charge in [-0.2, -0.15) is 0 Å². The van der Waals surface area contributed by atoms with E-state index in [2.05, 4.69) is 26.2 Å². The van der Waals surface area contributed by atoms with Crippen LogP contribution in [0.2, 0.25) is 0 Å². The lowest BCUT2D eigenvalue weighted by molar-refractivity contribution is 0.0950. The molecule has 0 spiro atoms. The minimum atomic E-state index is -0.150. The van der Waals surface area contributed by atoms with Gasteiger partial charge in [-0.1, -0.05) is 15.9 Å². The monoisotopic (exact) mass is 378 g/mol. The number of aromatic nitrogens is 1. The van der Waals surface area contributed by atoms with Crippen molar-refractivity contribution in [3.8, 4) is 11.5 Å². The number of amides is 1. The van der Waals surface area contributed by atoms with E-state index in [1.165, 1.54) is 0 Å². The average molecular weight is 379 g/mol. The molecule has 0 bridgehead atoms. The molecule has 1 heterocycles. The Kier molecular flexibility index (Phi) is 5.98. The van der Waals surface area contributed by atoms with Crippen molar-refractivity contribution in [1.82, 2.24) is 10.3 Å². The Morgan fingerprint density at radius 3 is 2.70 bits per heavy atom. The maximum Gasteiger partial charge on any atom is 0.251 e. The van der Waals surface area contributed by atoms with Crippen LogP contribution >= 0.6 is 15.9 Å². The minimum absolute atomic E-state index is 0.150. The van der Waals surface area contributed by atoms with Gasteiger partial charge in [0.15, 0.2) is 0 Å². The van der Waals surface area contributed by atoms with Crippen molar-refractivity contribution in [3.63, 3.8) is 0 Å². The van der Waals surface area contributed by atoms with E-state index >= 15 is 0 Å². The third-order valence-electron chi connectivity index (χ3n) is 3.42. The highest BCUT2D eigenvalue weighted by molar-refractivity contribution is 9.08. The quantitative estimate of drug-likeness (QED) is 0.783. The zero-order valence-electron chi connectivity index (χ0n) is 13.4. The number of carbonyl (C=O) groups excluding carboxylic acids is 1. The molecule has 0 fully saturated rings. The first kappa shape index (κ1) is 17.3. The zero-order valence-corrected chi connectivity index (χ0v) is 14.9. The number of aryl methyl sites for hydroxylation is 1. The van der Waals surface area contributed by atoms with Gasteiger partial charge in [-0.3, -0.25) is 9.78 Å². The number of rotatable bonds is 6. The van der Waals surface area contributed by atoms with E-state index in [1.807, 2.05) is 19.1 Å². The van der Waals surface area contributed by atoms with Crippen LogP contribution in [-0.2, 0) is 11.9 Å². The largest absolute Gasteiger partial charge is 0.497 e. The number of benzene rings is 1. The molecule has 0 unspecified atom stereocenters. The SMILES string of the molecule is COc1ccnc(CNC(=O)c2cc(C)c(OC)c(CBr)c2)c1. The Bertz CT molecular complexity index is 704. The van der Waals surface area contributed by atoms with Crippen LogP contribution in [0, 0.1) is 6.92 Å². The summed E-state index contributed by atoms with van der Waals surface area (Å²) in [5.41, 5.74) is 3.20. The van der Waals surface area contributed by atoms with Crippen LogP contribution in [0.25, 0.3) is 0 Å². The van der Waals surface area contributed by atoms with Crippen molar-refractivity contribution < 1.29 is 14.3 Å². The van der Waals surface area contributed by atoms with Crippen LogP contribution < -0.4 is 14.8 Å². The summed E-state index contributed by atoms with van der Waals surface area (Å²) < 4.78 is 10.5. The van der Waals surface area contributed by atoms with Crippen LogP contribution in [0.5, 0.6) is 11.5 Å². The van der Waals surface area contributed by atoms with E-state index in [4.69, 9.17) is 9.47 Å². The van der Waals surface area contributed by atoms with Crippen molar-refractivity contribution in [1.29, 1.82) is 0 Å². The highest BCUT2D eigenvalue weighted by atomic mass is 79.9. The van der Waals surface area contributed by atoms with Gasteiger partial charge in [-0.25, -0.2) is 0 Å². The molecule has 0 aliphatic carbocycles. The van der Waals surface area contributed by atoms with Gasteiger partial charge >= 0.3 is 0 Å². The maximum absolute atomic E-state index is 12.4. The molecule has 1 aromatic heterocycles. The van der Waals surface area contributed by atoms with Gasteiger partial charge in [0.2, 0.25) is 0 Å². The first-order valence-electron chi connectivity index (χ1n) is 7.09. The van der Waals surface area contributed by atoms with Gasteiger partial charge in [-0.15, -0.1) is 0 Å². The second-order valence-electron chi connectivity index (χ2n) is 4.99. The van der Waals surface area contributed by atoms with Crippen molar-refractivity contribution in [2.45, 2.75) is 18.8 Å². The van der Waals surface area contributed by atoms with Crippen molar-refractivity contribution in [2.75, 3.05) is 14.2 Å². The number of ether oxygens (including phenoxy) is 2. The summed E-state index contributed by atoms with van der Waals surface area (Å²) in [4.78, 5) is 16.6. The summed E-state index contributed by atoms with van der Waals surface area (Å²) in [6.45, 7) is 2.26. The van der Waals surface area contributed by atoms with E-state index in [1.54, 1.807) is 32.5 Å². The third kappa shape index (κ3) is 4.22. The molecule has 5 nitrogen and oxygen atoms in total. The number of nitrogens with one attached hydrogen (secondary N) is 1. The summed E-state index contributed by atoms with van der Waals surface area (Å²) in [6.07, 6.45) is 1.65. The minimum Gasteiger partial charge on any atom is -0.497 e. The van der Waals surface area contributed by atoms with E-state index in [0.717, 1.165) is 22.6 Å². The number of hydrogen-bond donors (Lipinski definition) is 1. The second-order valence-corrected chi connectivity index (χ2v) is 5.55. The smallest absolute Gasteiger partial charge is 0.251 e. The van der Waals surface area contributed by atoms with Crippen molar-refractivity contribution in [2.24, 2.45) is 0 Å². The molecule has 1 N–H and O–H groups in total. The molecule has 122 valence electrons. The fourth-order valence-corrected chi connectivity index (χ4v) is 2.74. The fourth-order valence-electron chi connectivity index (χ4n) is 2.32. The van der Waals surface area contributed by atoms with Gasteiger partial charge in [0.1, 0.15) is 11.5 Å². The highest BCUT2D eigenvalue weighted by Crippen LogP contribution is 2.27. The molecule has 0 aliphatic heterocycles. The van der Waals surface area contributed by atoms with Crippen LogP contribution in [-0.4, -0.2) is 25.1 Å². The standard InChI is InChI=1S/C17H19BrN2O3/c1-11-6-12(7-13(9-18)16(11)23-3)17(21)20-10-14-8-15(22-2)4-5-19-14/h4-8H,9-10H2,1-3H3,(H,20,21). The summed E-state index contributed by atoms with van der Waals surface area (Å²) in [5.74, 6) is 1.36. The summed E-state index contributed by atoms with van der Waals surface area (Å²) in [5, 5.41) is 3.49. The number of alkyl halides is 1. The Hall–Kier alpha value is -2.08. The number of halogens is 1. The Balaban J connectivity index is 2.13. The number of pyridine rings is 1. The fraction of sp³-hybridized carbons (Fsp3) is 0.294. The third-order valence-corrected chi connectivity index (χ3v) is 4.02. The first-order valence-corrected chi connectivity index (χ1v) is 8.21. The topological polar surface area (TPSA) is 60.5 Å². The van der Waals surface area contributed by atoms with Crippen LogP contribution in [0.1, 0.15) is 27.2 Å². The van der Waals surface area contributed by atoms with Crippen LogP contribution in [0.4, 0.5) is 0 Å². The Morgan fingerprint density at radius 2 is 2.04 bits per heavy atom. The van der Waals surface area contributed by atoms with Gasteiger partial charge in [0.05, 0.1) is 26.5 Å². The molecule has 0 atom stereocenters. The summed E-state index contributed by atoms with van der Waals surface area (Å²) in [6, 6.07) is 7.21. The molecule has 1 amide bonds. The lowest BCUT2D eigenvalue weighted by Crippen LogP contribution is -2.23. The number of nitrogens with zero attached hydrogens (tertiary/aromatic N) is 1. The van der Waals surface area contributed by atoms with Crippen molar-refractivity contribution >= 4 is 21.8 Å². The summed E-state index contributed by atoms with van der Waals surface area (Å²) in [7, 11) is 3.22. The molecule has 23 heavy (non-hydrogen) atoms. The molecule has 0 saturated heterocycles. The average Bonchev–Trinajstić information content (AvgIpc) is 2.58. The van der Waals surface area contributed by atoms with Gasteiger partial charge < -0.3 is 14.8 Å². The molecule has 0 saturated carbocycles. The van der Waals surface area contributed by atoms with Crippen LogP contribution in [0.3, 0.4) is 0 Å². The van der Waals surface area contributed by atoms with E-state index in [9.17, 15) is 4.79 Å². The van der Waals surface area contributed by atoms with Gasteiger partial charge in [-0.05, 0) is 30.7 Å². The van der Waals surface area contributed by atoms with E-state index in [-0.39, 0.29) is 5.91 Å². The highest BCUT2D eigenvalue weighted by Gasteiger charge is 2.13. The molecule has 2 aromatic rings.